The van der Waals surface area contributed by atoms with Crippen LogP contribution in [0.1, 0.15) is 43.0 Å². The quantitative estimate of drug-likeness (QED) is 0.372. The van der Waals surface area contributed by atoms with Crippen LogP contribution in [-0.4, -0.2) is 70.7 Å². The average molecular weight is 569 g/mol. The second kappa shape index (κ2) is 10.6. The van der Waals surface area contributed by atoms with E-state index in [1.807, 2.05) is 25.1 Å². The number of hydrogen-bond donors (Lipinski definition) is 3. The van der Waals surface area contributed by atoms with Crippen molar-refractivity contribution in [2.45, 2.75) is 38.7 Å². The molecular weight excluding hydrogens is 532 g/mol. The van der Waals surface area contributed by atoms with Crippen molar-refractivity contribution in [2.75, 3.05) is 65.0 Å². The van der Waals surface area contributed by atoms with Gasteiger partial charge in [0.1, 0.15) is 0 Å². The number of nitrogens with one attached hydrogen (secondary N) is 2. The lowest BCUT2D eigenvalue weighted by Gasteiger charge is -2.35. The first kappa shape index (κ1) is 26.9. The number of aliphatic hydroxyl groups excluding tert-OH is 1. The van der Waals surface area contributed by atoms with Gasteiger partial charge in [-0.25, -0.2) is 8.42 Å². The summed E-state index contributed by atoms with van der Waals surface area (Å²) in [6.45, 7) is 5.27. The van der Waals surface area contributed by atoms with E-state index in [9.17, 15) is 13.2 Å². The largest absolute Gasteiger partial charge is 0.462 e. The third kappa shape index (κ3) is 5.63. The summed E-state index contributed by atoms with van der Waals surface area (Å²) in [5.74, 6) is -0.659. The van der Waals surface area contributed by atoms with Crippen molar-refractivity contribution in [3.05, 3.63) is 48.2 Å². The molecule has 1 saturated carbocycles. The van der Waals surface area contributed by atoms with Gasteiger partial charge in [0.25, 0.3) is 5.91 Å². The summed E-state index contributed by atoms with van der Waals surface area (Å²) < 4.78 is 38.7. The van der Waals surface area contributed by atoms with E-state index in [0.717, 1.165) is 55.7 Å². The summed E-state index contributed by atoms with van der Waals surface area (Å²) in [6, 6.07) is 10.7. The Kier molecular flexibility index (Phi) is 7.14. The van der Waals surface area contributed by atoms with Crippen molar-refractivity contribution in [3.63, 3.8) is 0 Å². The molecule has 1 atom stereocenters. The normalized spacial score (nSPS) is 20.6. The van der Waals surface area contributed by atoms with E-state index in [2.05, 4.69) is 19.8 Å². The molecule has 3 fully saturated rings. The topological polar surface area (TPSA) is 124 Å². The maximum atomic E-state index is 13.8. The van der Waals surface area contributed by atoms with Crippen LogP contribution in [0.5, 0.6) is 0 Å². The van der Waals surface area contributed by atoms with Crippen LogP contribution < -0.4 is 19.8 Å². The molecule has 40 heavy (non-hydrogen) atoms. The van der Waals surface area contributed by atoms with E-state index in [4.69, 9.17) is 14.3 Å². The molecule has 214 valence electrons. The molecule has 11 heteroatoms. The molecule has 2 aliphatic heterocycles. The average Bonchev–Trinajstić information content (AvgIpc) is 3.50. The standard InChI is InChI=1S/C29H36N4O6S/c1-20-19-33(11-14-38-20)26-18-23(16-21-4-13-39-27(21)26)30-28(35)24-3-2-22(31-40(36,37)15-12-34)17-25(24)32-9-7-29(5-6-29)8-10-32/h2-4,13,16-18,20,31,34H,5-12,14-15,19H2,1H3,(H,30,35)/t20-/m0/s1. The summed E-state index contributed by atoms with van der Waals surface area (Å²) in [5.41, 5.74) is 4.33. The van der Waals surface area contributed by atoms with Crippen molar-refractivity contribution in [2.24, 2.45) is 5.41 Å². The predicted molar refractivity (Wildman–Crippen MR) is 156 cm³/mol. The number of amides is 1. The van der Waals surface area contributed by atoms with Gasteiger partial charge in [-0.1, -0.05) is 0 Å². The molecule has 1 spiro atoms. The highest BCUT2D eigenvalue weighted by Gasteiger charge is 2.44. The number of sulfonamides is 1. The van der Waals surface area contributed by atoms with Crippen molar-refractivity contribution < 1.29 is 27.5 Å². The number of carbonyl (C=O) groups excluding carboxylic acids is 1. The van der Waals surface area contributed by atoms with E-state index < -0.39 is 22.4 Å². The molecule has 1 aliphatic carbocycles. The van der Waals surface area contributed by atoms with Gasteiger partial charge in [-0.05, 0) is 74.4 Å². The second-order valence-corrected chi connectivity index (χ2v) is 13.1. The predicted octanol–water partition coefficient (Wildman–Crippen LogP) is 4.02. The van der Waals surface area contributed by atoms with Crippen LogP contribution in [0.3, 0.4) is 0 Å². The Morgan fingerprint density at radius 3 is 2.52 bits per heavy atom. The molecule has 10 nitrogen and oxygen atoms in total. The lowest BCUT2D eigenvalue weighted by molar-refractivity contribution is 0.0532. The molecule has 1 aromatic heterocycles. The fraction of sp³-hybridized carbons (Fsp3) is 0.483. The number of piperidine rings is 1. The van der Waals surface area contributed by atoms with Gasteiger partial charge in [-0.2, -0.15) is 0 Å². The fourth-order valence-electron chi connectivity index (χ4n) is 5.90. The first-order chi connectivity index (χ1) is 19.2. The molecule has 3 aromatic rings. The van der Waals surface area contributed by atoms with E-state index >= 15 is 0 Å². The van der Waals surface area contributed by atoms with E-state index in [-0.39, 0.29) is 12.0 Å². The monoisotopic (exact) mass is 568 g/mol. The Balaban J connectivity index is 1.30. The lowest BCUT2D eigenvalue weighted by atomic mass is 9.93. The van der Waals surface area contributed by atoms with Gasteiger partial charge < -0.3 is 29.4 Å². The minimum absolute atomic E-state index is 0.0900. The SMILES string of the molecule is C[C@H]1CN(c2cc(NC(=O)c3ccc(NS(=O)(=O)CCO)cc3N3CCC4(CC3)CC4)cc3ccoc23)CCO1. The summed E-state index contributed by atoms with van der Waals surface area (Å²) in [7, 11) is -3.70. The van der Waals surface area contributed by atoms with E-state index in [1.54, 1.807) is 24.5 Å². The molecule has 0 unspecified atom stereocenters. The Bertz CT molecular complexity index is 1510. The number of furan rings is 1. The van der Waals surface area contributed by atoms with Crippen LogP contribution in [0, 0.1) is 5.41 Å². The number of rotatable bonds is 8. The fourth-order valence-corrected chi connectivity index (χ4v) is 6.73. The second-order valence-electron chi connectivity index (χ2n) is 11.3. The van der Waals surface area contributed by atoms with Gasteiger partial charge in [0, 0.05) is 37.3 Å². The van der Waals surface area contributed by atoms with Gasteiger partial charge in [-0.3, -0.25) is 9.52 Å². The van der Waals surface area contributed by atoms with Gasteiger partial charge >= 0.3 is 0 Å². The molecule has 6 rings (SSSR count). The van der Waals surface area contributed by atoms with Crippen LogP contribution in [0.4, 0.5) is 22.7 Å². The highest BCUT2D eigenvalue weighted by atomic mass is 32.2. The van der Waals surface area contributed by atoms with Gasteiger partial charge in [0.15, 0.2) is 5.58 Å². The van der Waals surface area contributed by atoms with Crippen molar-refractivity contribution >= 4 is 49.6 Å². The minimum atomic E-state index is -3.70. The first-order valence-corrected chi connectivity index (χ1v) is 15.6. The lowest BCUT2D eigenvalue weighted by Crippen LogP contribution is -2.41. The number of aliphatic hydroxyl groups is 1. The van der Waals surface area contributed by atoms with Crippen LogP contribution in [0.25, 0.3) is 11.0 Å². The summed E-state index contributed by atoms with van der Waals surface area (Å²) >= 11 is 0. The number of hydrogen-bond acceptors (Lipinski definition) is 8. The maximum absolute atomic E-state index is 13.8. The Morgan fingerprint density at radius 1 is 1.02 bits per heavy atom. The van der Waals surface area contributed by atoms with Crippen LogP contribution in [0.2, 0.25) is 0 Å². The van der Waals surface area contributed by atoms with Gasteiger partial charge in [0.05, 0.1) is 54.0 Å². The third-order valence-corrected chi connectivity index (χ3v) is 9.64. The van der Waals surface area contributed by atoms with Crippen LogP contribution in [-0.2, 0) is 14.8 Å². The molecule has 2 saturated heterocycles. The molecule has 3 heterocycles. The van der Waals surface area contributed by atoms with Gasteiger partial charge in [0.2, 0.25) is 10.0 Å². The molecule has 3 N–H and O–H groups in total. The number of carbonyl (C=O) groups is 1. The Hall–Kier alpha value is -3.28. The highest BCUT2D eigenvalue weighted by molar-refractivity contribution is 7.92. The Morgan fingerprint density at radius 2 is 1.80 bits per heavy atom. The third-order valence-electron chi connectivity index (χ3n) is 8.37. The minimum Gasteiger partial charge on any atom is -0.462 e. The first-order valence-electron chi connectivity index (χ1n) is 13.9. The van der Waals surface area contributed by atoms with Crippen molar-refractivity contribution in [1.29, 1.82) is 0 Å². The van der Waals surface area contributed by atoms with Crippen molar-refractivity contribution in [3.8, 4) is 0 Å². The molecule has 1 amide bonds. The zero-order chi connectivity index (χ0) is 27.9. The molecule has 2 aromatic carbocycles. The maximum Gasteiger partial charge on any atom is 0.257 e. The zero-order valence-electron chi connectivity index (χ0n) is 22.7. The smallest absolute Gasteiger partial charge is 0.257 e. The molecular formula is C29H36N4O6S. The molecule has 0 radical (unpaired) electrons. The number of benzene rings is 2. The zero-order valence-corrected chi connectivity index (χ0v) is 23.5. The molecule has 0 bridgehead atoms. The summed E-state index contributed by atoms with van der Waals surface area (Å²) in [4.78, 5) is 18.2. The number of fused-ring (bicyclic) bond motifs is 1. The van der Waals surface area contributed by atoms with Gasteiger partial charge in [-0.15, -0.1) is 0 Å². The summed E-state index contributed by atoms with van der Waals surface area (Å²) in [6.07, 6.45) is 6.39. The summed E-state index contributed by atoms with van der Waals surface area (Å²) in [5, 5.41) is 13.1. The number of anilines is 4. The van der Waals surface area contributed by atoms with E-state index in [1.165, 1.54) is 12.8 Å². The highest BCUT2D eigenvalue weighted by Crippen LogP contribution is 2.54. The van der Waals surface area contributed by atoms with Crippen molar-refractivity contribution in [1.82, 2.24) is 0 Å². The number of morpholine rings is 1. The van der Waals surface area contributed by atoms with Crippen LogP contribution >= 0.6 is 0 Å². The van der Waals surface area contributed by atoms with Crippen LogP contribution in [0.15, 0.2) is 47.1 Å². The Labute approximate surface area is 234 Å². The molecule has 3 aliphatic rings. The van der Waals surface area contributed by atoms with E-state index in [0.29, 0.717) is 34.6 Å². The number of ether oxygens (including phenoxy) is 1. The number of nitrogens with zero attached hydrogens (tertiary/aromatic N) is 2.